The number of aryl methyl sites for hydroxylation is 1. The SMILES string of the molecule is Cc1cc2c(cc1Br)Oc1cc(Br)cnc1N2CCCCCN1C[C@H]2C[C@@H]1CO2. The van der Waals surface area contributed by atoms with E-state index in [0.717, 1.165) is 58.1 Å². The molecule has 2 fully saturated rings. The van der Waals surface area contributed by atoms with Crippen molar-refractivity contribution < 1.29 is 9.47 Å². The van der Waals surface area contributed by atoms with E-state index in [1.54, 1.807) is 0 Å². The predicted molar refractivity (Wildman–Crippen MR) is 121 cm³/mol. The third kappa shape index (κ3) is 3.94. The maximum Gasteiger partial charge on any atom is 0.176 e. The van der Waals surface area contributed by atoms with Crippen molar-refractivity contribution in [2.75, 3.05) is 31.1 Å². The first-order valence-electron chi connectivity index (χ1n) is 10.4. The van der Waals surface area contributed by atoms with Crippen LogP contribution in [-0.2, 0) is 4.74 Å². The molecule has 3 aliphatic rings. The molecule has 1 aromatic carbocycles. The van der Waals surface area contributed by atoms with Gasteiger partial charge in [-0.3, -0.25) is 4.90 Å². The van der Waals surface area contributed by atoms with Crippen molar-refractivity contribution in [2.24, 2.45) is 0 Å². The third-order valence-corrected chi connectivity index (χ3v) is 7.44. The average molecular weight is 523 g/mol. The summed E-state index contributed by atoms with van der Waals surface area (Å²) in [6, 6.07) is 6.91. The molecule has 0 saturated carbocycles. The molecule has 0 radical (unpaired) electrons. The van der Waals surface area contributed by atoms with Crippen LogP contribution in [-0.4, -0.2) is 48.3 Å². The van der Waals surface area contributed by atoms with E-state index in [1.807, 2.05) is 12.3 Å². The lowest BCUT2D eigenvalue weighted by molar-refractivity contribution is 0.0300. The molecule has 0 aliphatic carbocycles. The number of hydrogen-bond donors (Lipinski definition) is 0. The normalized spacial score (nSPS) is 22.5. The van der Waals surface area contributed by atoms with Gasteiger partial charge >= 0.3 is 0 Å². The number of ether oxygens (including phenoxy) is 2. The molecular formula is C22H25Br2N3O2. The van der Waals surface area contributed by atoms with Crippen LogP contribution < -0.4 is 9.64 Å². The second-order valence-corrected chi connectivity index (χ2v) is 9.97. The van der Waals surface area contributed by atoms with E-state index in [4.69, 9.17) is 9.47 Å². The molecule has 5 nitrogen and oxygen atoms in total. The van der Waals surface area contributed by atoms with E-state index in [-0.39, 0.29) is 0 Å². The second-order valence-electron chi connectivity index (χ2n) is 8.20. The first-order chi connectivity index (χ1) is 14.1. The number of morpholine rings is 1. The summed E-state index contributed by atoms with van der Waals surface area (Å²) in [7, 11) is 0. The van der Waals surface area contributed by atoms with E-state index in [0.29, 0.717) is 12.1 Å². The number of halogens is 2. The van der Waals surface area contributed by atoms with Gasteiger partial charge < -0.3 is 14.4 Å². The molecule has 5 rings (SSSR count). The number of anilines is 2. The van der Waals surface area contributed by atoms with Crippen molar-refractivity contribution in [2.45, 2.75) is 44.8 Å². The minimum atomic E-state index is 0.495. The molecule has 2 saturated heterocycles. The van der Waals surface area contributed by atoms with Gasteiger partial charge in [0, 0.05) is 40.3 Å². The summed E-state index contributed by atoms with van der Waals surface area (Å²) in [6.07, 6.45) is 7.15. The molecule has 0 spiro atoms. The smallest absolute Gasteiger partial charge is 0.176 e. The first kappa shape index (κ1) is 19.8. The minimum absolute atomic E-state index is 0.495. The van der Waals surface area contributed by atoms with Crippen LogP contribution in [0.15, 0.2) is 33.3 Å². The summed E-state index contributed by atoms with van der Waals surface area (Å²) < 4.78 is 13.9. The molecule has 154 valence electrons. The Morgan fingerprint density at radius 2 is 1.97 bits per heavy atom. The molecule has 2 atom stereocenters. The molecular weight excluding hydrogens is 498 g/mol. The molecule has 3 aliphatic heterocycles. The van der Waals surface area contributed by atoms with Gasteiger partial charge in [0.15, 0.2) is 17.3 Å². The van der Waals surface area contributed by atoms with Gasteiger partial charge in [-0.1, -0.05) is 22.4 Å². The van der Waals surface area contributed by atoms with Gasteiger partial charge in [-0.2, -0.15) is 0 Å². The van der Waals surface area contributed by atoms with Gasteiger partial charge in [-0.15, -0.1) is 0 Å². The summed E-state index contributed by atoms with van der Waals surface area (Å²) >= 11 is 7.14. The number of aromatic nitrogens is 1. The van der Waals surface area contributed by atoms with Crippen molar-refractivity contribution in [3.8, 4) is 11.5 Å². The summed E-state index contributed by atoms with van der Waals surface area (Å²) in [6.45, 7) is 6.30. The summed E-state index contributed by atoms with van der Waals surface area (Å²) in [5.74, 6) is 2.58. The molecule has 29 heavy (non-hydrogen) atoms. The van der Waals surface area contributed by atoms with Crippen LogP contribution >= 0.6 is 31.9 Å². The Balaban J connectivity index is 1.26. The number of likely N-dealkylation sites (tertiary alicyclic amines) is 1. The number of rotatable bonds is 6. The highest BCUT2D eigenvalue weighted by Gasteiger charge is 2.38. The highest BCUT2D eigenvalue weighted by atomic mass is 79.9. The van der Waals surface area contributed by atoms with Crippen LogP contribution in [0.5, 0.6) is 11.5 Å². The average Bonchev–Trinajstić information content (AvgIpc) is 3.31. The number of unbranched alkanes of at least 4 members (excludes halogenated alkanes) is 2. The molecule has 2 bridgehead atoms. The lowest BCUT2D eigenvalue weighted by Crippen LogP contribution is -2.37. The zero-order chi connectivity index (χ0) is 20.0. The summed E-state index contributed by atoms with van der Waals surface area (Å²) in [5.41, 5.74) is 2.30. The largest absolute Gasteiger partial charge is 0.451 e. The summed E-state index contributed by atoms with van der Waals surface area (Å²) in [4.78, 5) is 9.59. The Bertz CT molecular complexity index is 923. The predicted octanol–water partition coefficient (Wildman–Crippen LogP) is 5.80. The van der Waals surface area contributed by atoms with Crippen LogP contribution in [0.25, 0.3) is 0 Å². The monoisotopic (exact) mass is 521 g/mol. The fourth-order valence-electron chi connectivity index (χ4n) is 4.61. The fourth-order valence-corrected chi connectivity index (χ4v) is 5.24. The molecule has 2 aromatic rings. The van der Waals surface area contributed by atoms with Crippen LogP contribution in [0.1, 0.15) is 31.2 Å². The Kier molecular flexibility index (Phi) is 5.58. The van der Waals surface area contributed by atoms with Gasteiger partial charge in [-0.05, 0) is 66.4 Å². The second kappa shape index (κ2) is 8.17. The molecule has 1 aromatic heterocycles. The van der Waals surface area contributed by atoms with Gasteiger partial charge in [0.1, 0.15) is 0 Å². The van der Waals surface area contributed by atoms with E-state index in [1.165, 1.54) is 31.4 Å². The zero-order valence-corrected chi connectivity index (χ0v) is 19.7. The highest BCUT2D eigenvalue weighted by molar-refractivity contribution is 9.10. The number of pyridine rings is 1. The fraction of sp³-hybridized carbons (Fsp3) is 0.500. The lowest BCUT2D eigenvalue weighted by Gasteiger charge is -2.32. The van der Waals surface area contributed by atoms with E-state index < -0.39 is 0 Å². The molecule has 0 N–H and O–H groups in total. The quantitative estimate of drug-likeness (QED) is 0.448. The van der Waals surface area contributed by atoms with Crippen LogP contribution in [0.4, 0.5) is 11.5 Å². The van der Waals surface area contributed by atoms with Gasteiger partial charge in [0.25, 0.3) is 0 Å². The first-order valence-corrected chi connectivity index (χ1v) is 11.9. The number of nitrogens with zero attached hydrogens (tertiary/aromatic N) is 3. The third-order valence-electron chi connectivity index (χ3n) is 6.15. The number of hydrogen-bond acceptors (Lipinski definition) is 5. The van der Waals surface area contributed by atoms with Gasteiger partial charge in [-0.25, -0.2) is 4.98 Å². The Labute approximate surface area is 188 Å². The highest BCUT2D eigenvalue weighted by Crippen LogP contribution is 2.48. The Hall–Kier alpha value is -1.15. The van der Waals surface area contributed by atoms with Crippen LogP contribution in [0.2, 0.25) is 0 Å². The van der Waals surface area contributed by atoms with Crippen molar-refractivity contribution in [3.05, 3.63) is 38.9 Å². The van der Waals surface area contributed by atoms with Gasteiger partial charge in [0.05, 0.1) is 18.4 Å². The van der Waals surface area contributed by atoms with Crippen LogP contribution in [0, 0.1) is 6.92 Å². The zero-order valence-electron chi connectivity index (χ0n) is 16.5. The Morgan fingerprint density at radius 3 is 2.76 bits per heavy atom. The topological polar surface area (TPSA) is 37.8 Å². The van der Waals surface area contributed by atoms with E-state index in [2.05, 4.69) is 65.7 Å². The van der Waals surface area contributed by atoms with Crippen molar-refractivity contribution >= 4 is 43.4 Å². The molecule has 0 unspecified atom stereocenters. The molecule has 4 heterocycles. The van der Waals surface area contributed by atoms with Crippen molar-refractivity contribution in [1.82, 2.24) is 9.88 Å². The van der Waals surface area contributed by atoms with Crippen molar-refractivity contribution in [3.63, 3.8) is 0 Å². The van der Waals surface area contributed by atoms with E-state index >= 15 is 0 Å². The lowest BCUT2D eigenvalue weighted by atomic mass is 10.1. The minimum Gasteiger partial charge on any atom is -0.451 e. The number of benzene rings is 1. The standard InChI is InChI=1S/C22H25Br2N3O2/c1-14-7-19-20(10-18(14)24)29-21-8-15(23)11-25-22(21)27(19)6-4-2-3-5-26-12-17-9-16(26)13-28-17/h7-8,10-11,16-17H,2-6,9,12-13H2,1H3/t16-,17-/m1/s1. The summed E-state index contributed by atoms with van der Waals surface area (Å²) in [5, 5.41) is 0. The Morgan fingerprint density at radius 1 is 1.10 bits per heavy atom. The van der Waals surface area contributed by atoms with Gasteiger partial charge in [0.2, 0.25) is 0 Å². The molecule has 7 heteroatoms. The maximum atomic E-state index is 6.16. The van der Waals surface area contributed by atoms with Crippen LogP contribution in [0.3, 0.4) is 0 Å². The molecule has 0 amide bonds. The van der Waals surface area contributed by atoms with E-state index in [9.17, 15) is 0 Å². The van der Waals surface area contributed by atoms with Crippen molar-refractivity contribution in [1.29, 1.82) is 0 Å². The number of fused-ring (bicyclic) bond motifs is 4. The maximum absolute atomic E-state index is 6.16.